The average Bonchev–Trinajstić information content (AvgIpc) is 2.80. The van der Waals surface area contributed by atoms with Crippen LogP contribution in [0.2, 0.25) is 0 Å². The maximum Gasteiger partial charge on any atom is 0.330 e. The number of Topliss-reactive ketones (excluding diaryl/α,β-unsaturated/α-hetero) is 5. The third kappa shape index (κ3) is 3.47. The van der Waals surface area contributed by atoms with Gasteiger partial charge in [0, 0.05) is 17.4 Å². The van der Waals surface area contributed by atoms with Crippen molar-refractivity contribution in [3.05, 3.63) is 34.9 Å². The summed E-state index contributed by atoms with van der Waals surface area (Å²) in [5.74, 6) is -10.1. The normalized spacial score (nSPS) is 34.7. The Kier molecular flexibility index (Phi) is 6.38. The first-order valence-corrected chi connectivity index (χ1v) is 12.6. The summed E-state index contributed by atoms with van der Waals surface area (Å²) in [6.45, 7) is 7.75. The standard InChI is InChI=1S/C29H32O9/c1-13(2)21-23(33)19(14(3)30)25(35)29(37)26(36)22-24(34)20-16(11-27(22,4)12-28(21,29)5)15(7-9-17(20)31)8-10-18(32)38-6/h7-10,13,19,21-22,31,37H,11-12H2,1-6H3/b10-8+/t19?,21?,22?,27-,28-,29+/m1/s1. The second kappa shape index (κ2) is 8.80. The molecule has 9 nitrogen and oxygen atoms in total. The van der Waals surface area contributed by atoms with Crippen molar-refractivity contribution >= 4 is 41.0 Å². The number of ether oxygens (including phenoxy) is 1. The molecule has 0 spiro atoms. The number of phenols is 1. The van der Waals surface area contributed by atoms with E-state index in [4.69, 9.17) is 0 Å². The number of phenolic OH excluding ortho intramolecular Hbond substituents is 1. The molecule has 4 rings (SSSR count). The van der Waals surface area contributed by atoms with E-state index in [2.05, 4.69) is 4.74 Å². The molecule has 2 saturated carbocycles. The number of carbonyl (C=O) groups is 6. The molecule has 3 unspecified atom stereocenters. The summed E-state index contributed by atoms with van der Waals surface area (Å²) >= 11 is 0. The Hall–Kier alpha value is -3.46. The van der Waals surface area contributed by atoms with Gasteiger partial charge in [0.15, 0.2) is 28.7 Å². The molecule has 0 bridgehead atoms. The van der Waals surface area contributed by atoms with Crippen molar-refractivity contribution in [3.8, 4) is 5.75 Å². The van der Waals surface area contributed by atoms with Gasteiger partial charge in [-0.05, 0) is 54.4 Å². The predicted molar refractivity (Wildman–Crippen MR) is 134 cm³/mol. The van der Waals surface area contributed by atoms with Crippen LogP contribution in [-0.4, -0.2) is 57.8 Å². The molecule has 0 radical (unpaired) electrons. The molecule has 0 aromatic heterocycles. The summed E-state index contributed by atoms with van der Waals surface area (Å²) in [6, 6.07) is 2.81. The van der Waals surface area contributed by atoms with Gasteiger partial charge in [0.05, 0.1) is 18.6 Å². The van der Waals surface area contributed by atoms with Crippen LogP contribution in [0.5, 0.6) is 5.75 Å². The zero-order chi connectivity index (χ0) is 28.5. The van der Waals surface area contributed by atoms with Gasteiger partial charge in [0.2, 0.25) is 0 Å². The van der Waals surface area contributed by atoms with Crippen molar-refractivity contribution in [2.45, 2.75) is 53.1 Å². The molecule has 0 saturated heterocycles. The Balaban J connectivity index is 1.95. The van der Waals surface area contributed by atoms with Crippen molar-refractivity contribution in [2.24, 2.45) is 34.5 Å². The molecular weight excluding hydrogens is 492 g/mol. The van der Waals surface area contributed by atoms with Crippen LogP contribution in [0.1, 0.15) is 62.5 Å². The SMILES string of the molecule is COC(=O)/C=C/c1ccc(O)c2c1C[C@]1(C)C[C@]3(C)C(C(C)C)C(=O)C(C(C)=O)C(=O)[C@]3(O)C(=O)C1C2=O. The number of hydrogen-bond acceptors (Lipinski definition) is 9. The van der Waals surface area contributed by atoms with Crippen LogP contribution in [0.15, 0.2) is 18.2 Å². The summed E-state index contributed by atoms with van der Waals surface area (Å²) in [4.78, 5) is 79.3. The third-order valence-electron chi connectivity index (χ3n) is 8.90. The zero-order valence-corrected chi connectivity index (χ0v) is 22.3. The lowest BCUT2D eigenvalue weighted by molar-refractivity contribution is -0.205. The number of esters is 1. The number of fused-ring (bicyclic) bond motifs is 3. The minimum Gasteiger partial charge on any atom is -0.507 e. The van der Waals surface area contributed by atoms with E-state index < -0.39 is 75.0 Å². The first-order chi connectivity index (χ1) is 17.6. The lowest BCUT2D eigenvalue weighted by Crippen LogP contribution is -2.76. The third-order valence-corrected chi connectivity index (χ3v) is 8.90. The Bertz CT molecular complexity index is 1340. The highest BCUT2D eigenvalue weighted by atomic mass is 16.5. The number of aliphatic hydroxyl groups is 1. The van der Waals surface area contributed by atoms with Crippen LogP contribution in [0, 0.1) is 34.5 Å². The second-order valence-corrected chi connectivity index (χ2v) is 11.7. The summed E-state index contributed by atoms with van der Waals surface area (Å²) < 4.78 is 4.64. The van der Waals surface area contributed by atoms with Crippen LogP contribution in [0.25, 0.3) is 6.08 Å². The number of methoxy groups -OCH3 is 1. The van der Waals surface area contributed by atoms with Crippen molar-refractivity contribution in [1.29, 1.82) is 0 Å². The van der Waals surface area contributed by atoms with Gasteiger partial charge in [-0.15, -0.1) is 0 Å². The minimum absolute atomic E-state index is 0.0428. The predicted octanol–water partition coefficient (Wildman–Crippen LogP) is 2.28. The molecule has 1 aromatic rings. The Morgan fingerprint density at radius 1 is 1.11 bits per heavy atom. The smallest absolute Gasteiger partial charge is 0.330 e. The van der Waals surface area contributed by atoms with E-state index in [1.54, 1.807) is 20.8 Å². The van der Waals surface area contributed by atoms with Crippen LogP contribution < -0.4 is 0 Å². The molecule has 3 aliphatic rings. The molecule has 2 N–H and O–H groups in total. The molecule has 9 heteroatoms. The summed E-state index contributed by atoms with van der Waals surface area (Å²) in [5, 5.41) is 22.6. The molecule has 0 amide bonds. The lowest BCUT2D eigenvalue weighted by atomic mass is 9.40. The molecule has 1 aromatic carbocycles. The Labute approximate surface area is 220 Å². The van der Waals surface area contributed by atoms with Gasteiger partial charge in [-0.3, -0.25) is 24.0 Å². The van der Waals surface area contributed by atoms with Crippen molar-refractivity contribution in [3.63, 3.8) is 0 Å². The fraction of sp³-hybridized carbons (Fsp3) is 0.517. The highest BCUT2D eigenvalue weighted by molar-refractivity contribution is 6.32. The molecule has 38 heavy (non-hydrogen) atoms. The minimum atomic E-state index is -2.73. The van der Waals surface area contributed by atoms with Gasteiger partial charge in [-0.2, -0.15) is 0 Å². The molecule has 202 valence electrons. The fourth-order valence-corrected chi connectivity index (χ4v) is 7.54. The van der Waals surface area contributed by atoms with Gasteiger partial charge in [-0.25, -0.2) is 4.79 Å². The van der Waals surface area contributed by atoms with Crippen molar-refractivity contribution < 1.29 is 43.7 Å². The van der Waals surface area contributed by atoms with E-state index in [-0.39, 0.29) is 24.2 Å². The number of rotatable bonds is 4. The highest BCUT2D eigenvalue weighted by Gasteiger charge is 2.76. The number of ketones is 5. The van der Waals surface area contributed by atoms with Gasteiger partial charge in [0.25, 0.3) is 0 Å². The van der Waals surface area contributed by atoms with E-state index in [1.165, 1.54) is 38.3 Å². The topological polar surface area (TPSA) is 152 Å². The van der Waals surface area contributed by atoms with E-state index in [0.717, 1.165) is 6.92 Å². The quantitative estimate of drug-likeness (QED) is 0.343. The van der Waals surface area contributed by atoms with E-state index in [9.17, 15) is 39.0 Å². The monoisotopic (exact) mass is 524 g/mol. The first-order valence-electron chi connectivity index (χ1n) is 12.6. The molecular formula is C29H32O9. The second-order valence-electron chi connectivity index (χ2n) is 11.7. The lowest BCUT2D eigenvalue weighted by Gasteiger charge is -2.61. The van der Waals surface area contributed by atoms with E-state index in [0.29, 0.717) is 11.1 Å². The maximum absolute atomic E-state index is 14.2. The molecule has 2 fully saturated rings. The van der Waals surface area contributed by atoms with Crippen LogP contribution in [-0.2, 0) is 35.1 Å². The highest BCUT2D eigenvalue weighted by Crippen LogP contribution is 2.63. The van der Waals surface area contributed by atoms with Crippen molar-refractivity contribution in [2.75, 3.05) is 7.11 Å². The van der Waals surface area contributed by atoms with E-state index >= 15 is 0 Å². The van der Waals surface area contributed by atoms with Gasteiger partial charge >= 0.3 is 5.97 Å². The Morgan fingerprint density at radius 3 is 2.29 bits per heavy atom. The van der Waals surface area contributed by atoms with Crippen molar-refractivity contribution in [1.82, 2.24) is 0 Å². The maximum atomic E-state index is 14.2. The van der Waals surface area contributed by atoms with Crippen LogP contribution in [0.3, 0.4) is 0 Å². The summed E-state index contributed by atoms with van der Waals surface area (Å²) in [7, 11) is 1.22. The molecule has 0 aliphatic heterocycles. The average molecular weight is 525 g/mol. The number of aromatic hydroxyl groups is 1. The Morgan fingerprint density at radius 2 is 1.74 bits per heavy atom. The zero-order valence-electron chi connectivity index (χ0n) is 22.3. The number of hydrogen-bond donors (Lipinski definition) is 2. The first kappa shape index (κ1) is 27.6. The van der Waals surface area contributed by atoms with Crippen LogP contribution in [0.4, 0.5) is 0 Å². The van der Waals surface area contributed by atoms with Gasteiger partial charge in [0.1, 0.15) is 17.5 Å². The van der Waals surface area contributed by atoms with Crippen LogP contribution >= 0.6 is 0 Å². The fourth-order valence-electron chi connectivity index (χ4n) is 7.54. The molecule has 3 aliphatic carbocycles. The largest absolute Gasteiger partial charge is 0.507 e. The van der Waals surface area contributed by atoms with Gasteiger partial charge < -0.3 is 14.9 Å². The summed E-state index contributed by atoms with van der Waals surface area (Å²) in [6.07, 6.45) is 2.67. The number of carbonyl (C=O) groups excluding carboxylic acids is 6. The summed E-state index contributed by atoms with van der Waals surface area (Å²) in [5.41, 5.74) is -4.71. The number of benzene rings is 1. The van der Waals surface area contributed by atoms with Gasteiger partial charge in [-0.1, -0.05) is 33.8 Å². The van der Waals surface area contributed by atoms with E-state index in [1.807, 2.05) is 0 Å². The molecule has 0 heterocycles. The molecule has 6 atom stereocenters.